The molecule has 4 heteroatoms. The van der Waals surface area contributed by atoms with Crippen LogP contribution in [-0.2, 0) is 11.3 Å². The summed E-state index contributed by atoms with van der Waals surface area (Å²) in [7, 11) is 0. The molecule has 0 heterocycles. The average molecular weight is 284 g/mol. The zero-order valence-corrected chi connectivity index (χ0v) is 12.3. The molecule has 0 fully saturated rings. The zero-order chi connectivity index (χ0) is 15.2. The lowest BCUT2D eigenvalue weighted by molar-refractivity contribution is -0.118. The summed E-state index contributed by atoms with van der Waals surface area (Å²) < 4.78 is 5.53. The number of carbonyl (C=O) groups excluding carboxylic acids is 1. The molecule has 2 rings (SSSR count). The van der Waals surface area contributed by atoms with E-state index in [1.54, 1.807) is 0 Å². The van der Waals surface area contributed by atoms with Gasteiger partial charge in [0.1, 0.15) is 5.75 Å². The van der Waals surface area contributed by atoms with E-state index in [0.717, 1.165) is 16.8 Å². The lowest BCUT2D eigenvalue weighted by atomic mass is 10.1. The van der Waals surface area contributed by atoms with Gasteiger partial charge in [-0.3, -0.25) is 4.79 Å². The van der Waals surface area contributed by atoms with Crippen LogP contribution in [0.3, 0.4) is 0 Å². The first-order chi connectivity index (χ1) is 10.1. The molecule has 3 N–H and O–H groups in total. The molecular weight excluding hydrogens is 264 g/mol. The van der Waals surface area contributed by atoms with Crippen molar-refractivity contribution in [2.45, 2.75) is 20.4 Å². The normalized spacial score (nSPS) is 10.2. The van der Waals surface area contributed by atoms with Crippen LogP contribution in [0.5, 0.6) is 5.75 Å². The van der Waals surface area contributed by atoms with Crippen LogP contribution < -0.4 is 15.8 Å². The SMILES string of the molecule is Cc1ccc(NC(=O)COc2ccccc2CN)c(C)c1. The second-order valence-electron chi connectivity index (χ2n) is 4.97. The molecule has 0 unspecified atom stereocenters. The van der Waals surface area contributed by atoms with E-state index in [9.17, 15) is 4.79 Å². The molecule has 0 saturated carbocycles. The van der Waals surface area contributed by atoms with Crippen molar-refractivity contribution in [3.8, 4) is 5.75 Å². The van der Waals surface area contributed by atoms with Crippen molar-refractivity contribution >= 4 is 11.6 Å². The molecule has 0 saturated heterocycles. The third-order valence-electron chi connectivity index (χ3n) is 3.21. The molecule has 2 aromatic carbocycles. The number of para-hydroxylation sites is 1. The number of carbonyl (C=O) groups is 1. The second kappa shape index (κ2) is 6.90. The Hall–Kier alpha value is -2.33. The van der Waals surface area contributed by atoms with Crippen molar-refractivity contribution in [3.63, 3.8) is 0 Å². The number of hydrogen-bond acceptors (Lipinski definition) is 3. The molecule has 110 valence electrons. The standard InChI is InChI=1S/C17H20N2O2/c1-12-7-8-15(13(2)9-12)19-17(20)11-21-16-6-4-3-5-14(16)10-18/h3-9H,10-11,18H2,1-2H3,(H,19,20). The lowest BCUT2D eigenvalue weighted by Gasteiger charge is -2.12. The second-order valence-corrected chi connectivity index (χ2v) is 4.97. The molecule has 4 nitrogen and oxygen atoms in total. The van der Waals surface area contributed by atoms with Crippen molar-refractivity contribution in [1.29, 1.82) is 0 Å². The molecule has 0 atom stereocenters. The van der Waals surface area contributed by atoms with E-state index in [0.29, 0.717) is 12.3 Å². The highest BCUT2D eigenvalue weighted by Crippen LogP contribution is 2.18. The highest BCUT2D eigenvalue weighted by Gasteiger charge is 2.07. The van der Waals surface area contributed by atoms with E-state index >= 15 is 0 Å². The quantitative estimate of drug-likeness (QED) is 0.887. The van der Waals surface area contributed by atoms with Crippen molar-refractivity contribution in [3.05, 3.63) is 59.2 Å². The molecule has 1 amide bonds. The molecule has 0 aliphatic heterocycles. The van der Waals surface area contributed by atoms with Gasteiger partial charge in [-0.1, -0.05) is 35.9 Å². The molecule has 0 bridgehead atoms. The summed E-state index contributed by atoms with van der Waals surface area (Å²) >= 11 is 0. The third kappa shape index (κ3) is 4.07. The maximum absolute atomic E-state index is 12.0. The molecule has 0 aliphatic carbocycles. The van der Waals surface area contributed by atoms with Gasteiger partial charge in [-0.15, -0.1) is 0 Å². The maximum Gasteiger partial charge on any atom is 0.262 e. The molecule has 0 radical (unpaired) electrons. The summed E-state index contributed by atoms with van der Waals surface area (Å²) in [6, 6.07) is 13.3. The van der Waals surface area contributed by atoms with Gasteiger partial charge < -0.3 is 15.8 Å². The van der Waals surface area contributed by atoms with Gasteiger partial charge in [0.25, 0.3) is 5.91 Å². The fraction of sp³-hybridized carbons (Fsp3) is 0.235. The van der Waals surface area contributed by atoms with Gasteiger partial charge in [0.15, 0.2) is 6.61 Å². The Kier molecular flexibility index (Phi) is 4.95. The molecule has 0 aliphatic rings. The van der Waals surface area contributed by atoms with Crippen molar-refractivity contribution < 1.29 is 9.53 Å². The number of nitrogens with two attached hydrogens (primary N) is 1. The highest BCUT2D eigenvalue weighted by atomic mass is 16.5. The van der Waals surface area contributed by atoms with E-state index < -0.39 is 0 Å². The van der Waals surface area contributed by atoms with Crippen LogP contribution in [0.2, 0.25) is 0 Å². The fourth-order valence-corrected chi connectivity index (χ4v) is 2.10. The number of rotatable bonds is 5. The summed E-state index contributed by atoms with van der Waals surface area (Å²) in [5.41, 5.74) is 9.53. The first-order valence-corrected chi connectivity index (χ1v) is 6.88. The van der Waals surface area contributed by atoms with Gasteiger partial charge in [0.2, 0.25) is 0 Å². The molecule has 2 aromatic rings. The number of ether oxygens (including phenoxy) is 1. The highest BCUT2D eigenvalue weighted by molar-refractivity contribution is 5.92. The molecule has 0 aromatic heterocycles. The van der Waals surface area contributed by atoms with Gasteiger partial charge >= 0.3 is 0 Å². The minimum absolute atomic E-state index is 0.0374. The van der Waals surface area contributed by atoms with Crippen molar-refractivity contribution in [1.82, 2.24) is 0 Å². The summed E-state index contributed by atoms with van der Waals surface area (Å²) in [5.74, 6) is 0.463. The maximum atomic E-state index is 12.0. The van der Waals surface area contributed by atoms with Gasteiger partial charge in [-0.05, 0) is 31.5 Å². The van der Waals surface area contributed by atoms with Crippen LogP contribution in [0, 0.1) is 13.8 Å². The van der Waals surface area contributed by atoms with Crippen molar-refractivity contribution in [2.75, 3.05) is 11.9 Å². The minimum atomic E-state index is -0.186. The Morgan fingerprint density at radius 2 is 1.95 bits per heavy atom. The largest absolute Gasteiger partial charge is 0.483 e. The van der Waals surface area contributed by atoms with E-state index in [-0.39, 0.29) is 12.5 Å². The number of aryl methyl sites for hydroxylation is 2. The van der Waals surface area contributed by atoms with E-state index in [2.05, 4.69) is 5.32 Å². The minimum Gasteiger partial charge on any atom is -0.483 e. The summed E-state index contributed by atoms with van der Waals surface area (Å²) in [4.78, 5) is 12.0. The van der Waals surface area contributed by atoms with Crippen LogP contribution in [0.15, 0.2) is 42.5 Å². The topological polar surface area (TPSA) is 64.3 Å². The number of hydrogen-bond donors (Lipinski definition) is 2. The predicted molar refractivity (Wildman–Crippen MR) is 84.4 cm³/mol. The van der Waals surface area contributed by atoms with Crippen LogP contribution in [0.4, 0.5) is 5.69 Å². The Labute approximate surface area is 124 Å². The van der Waals surface area contributed by atoms with Crippen LogP contribution in [-0.4, -0.2) is 12.5 Å². The first kappa shape index (κ1) is 15.1. The Bertz CT molecular complexity index is 638. The molecule has 0 spiro atoms. The Balaban J connectivity index is 1.96. The summed E-state index contributed by atoms with van der Waals surface area (Å²) in [5, 5.41) is 2.85. The van der Waals surface area contributed by atoms with Crippen LogP contribution in [0.1, 0.15) is 16.7 Å². The molecule has 21 heavy (non-hydrogen) atoms. The van der Waals surface area contributed by atoms with E-state index in [1.165, 1.54) is 5.56 Å². The average Bonchev–Trinajstić information content (AvgIpc) is 2.48. The third-order valence-corrected chi connectivity index (χ3v) is 3.21. The number of amides is 1. The first-order valence-electron chi connectivity index (χ1n) is 6.88. The zero-order valence-electron chi connectivity index (χ0n) is 12.3. The summed E-state index contributed by atoms with van der Waals surface area (Å²) in [6.07, 6.45) is 0. The molecular formula is C17H20N2O2. The van der Waals surface area contributed by atoms with Gasteiger partial charge in [0, 0.05) is 17.8 Å². The van der Waals surface area contributed by atoms with Gasteiger partial charge in [-0.2, -0.15) is 0 Å². The smallest absolute Gasteiger partial charge is 0.262 e. The number of nitrogens with one attached hydrogen (secondary N) is 1. The van der Waals surface area contributed by atoms with E-state index in [4.69, 9.17) is 10.5 Å². The lowest BCUT2D eigenvalue weighted by Crippen LogP contribution is -2.21. The Morgan fingerprint density at radius 1 is 1.19 bits per heavy atom. The number of anilines is 1. The fourth-order valence-electron chi connectivity index (χ4n) is 2.10. The van der Waals surface area contributed by atoms with Crippen LogP contribution in [0.25, 0.3) is 0 Å². The number of benzene rings is 2. The van der Waals surface area contributed by atoms with Crippen LogP contribution >= 0.6 is 0 Å². The monoisotopic (exact) mass is 284 g/mol. The van der Waals surface area contributed by atoms with Gasteiger partial charge in [0.05, 0.1) is 0 Å². The van der Waals surface area contributed by atoms with Gasteiger partial charge in [-0.25, -0.2) is 0 Å². The van der Waals surface area contributed by atoms with E-state index in [1.807, 2.05) is 56.3 Å². The van der Waals surface area contributed by atoms with Crippen molar-refractivity contribution in [2.24, 2.45) is 5.73 Å². The Morgan fingerprint density at radius 3 is 2.67 bits per heavy atom. The summed E-state index contributed by atoms with van der Waals surface area (Å²) in [6.45, 7) is 4.33. The predicted octanol–water partition coefficient (Wildman–Crippen LogP) is 2.78.